The second-order valence-corrected chi connectivity index (χ2v) is 9.97. The molecule has 38 heavy (non-hydrogen) atoms. The van der Waals surface area contributed by atoms with Crippen molar-refractivity contribution < 1.29 is 19.1 Å². The van der Waals surface area contributed by atoms with Gasteiger partial charge in [-0.1, -0.05) is 57.7 Å². The first kappa shape index (κ1) is 29.0. The van der Waals surface area contributed by atoms with Crippen molar-refractivity contribution >= 4 is 28.6 Å². The maximum atomic E-state index is 14.4. The lowest BCUT2D eigenvalue weighted by Crippen LogP contribution is -2.56. The number of benzene rings is 2. The van der Waals surface area contributed by atoms with Gasteiger partial charge in [0.2, 0.25) is 5.91 Å². The van der Waals surface area contributed by atoms with Crippen molar-refractivity contribution in [2.75, 3.05) is 20.7 Å². The molecule has 0 bridgehead atoms. The van der Waals surface area contributed by atoms with Gasteiger partial charge in [0, 0.05) is 42.7 Å². The maximum Gasteiger partial charge on any atom is 0.262 e. The summed E-state index contributed by atoms with van der Waals surface area (Å²) in [5, 5.41) is 3.81. The van der Waals surface area contributed by atoms with Crippen molar-refractivity contribution in [3.05, 3.63) is 65.4 Å². The van der Waals surface area contributed by atoms with E-state index in [2.05, 4.69) is 19.2 Å². The predicted molar refractivity (Wildman–Crippen MR) is 152 cm³/mol. The summed E-state index contributed by atoms with van der Waals surface area (Å²) in [6.07, 6.45) is 4.85. The van der Waals surface area contributed by atoms with Crippen LogP contribution in [0.25, 0.3) is 10.9 Å². The minimum absolute atomic E-state index is 0.172. The van der Waals surface area contributed by atoms with Crippen LogP contribution in [0.3, 0.4) is 0 Å². The van der Waals surface area contributed by atoms with Gasteiger partial charge in [-0.3, -0.25) is 19.0 Å². The fourth-order valence-electron chi connectivity index (χ4n) is 5.32. The molecule has 0 aliphatic rings. The van der Waals surface area contributed by atoms with Crippen LogP contribution in [0.5, 0.6) is 5.75 Å². The quantitative estimate of drug-likeness (QED) is 0.306. The van der Waals surface area contributed by atoms with Gasteiger partial charge in [-0.05, 0) is 50.1 Å². The highest BCUT2D eigenvalue weighted by atomic mass is 16.5. The van der Waals surface area contributed by atoms with E-state index >= 15 is 0 Å². The molecule has 7 nitrogen and oxygen atoms in total. The highest BCUT2D eigenvalue weighted by Crippen LogP contribution is 2.41. The first-order valence-electron chi connectivity index (χ1n) is 13.5. The Hall–Kier alpha value is -3.61. The molecule has 7 heteroatoms. The van der Waals surface area contributed by atoms with Gasteiger partial charge >= 0.3 is 0 Å². The molecule has 2 amide bonds. The molecule has 0 spiro atoms. The van der Waals surface area contributed by atoms with E-state index in [1.807, 2.05) is 43.3 Å². The molecule has 204 valence electrons. The Balaban J connectivity index is 2.39. The van der Waals surface area contributed by atoms with E-state index in [-0.39, 0.29) is 17.7 Å². The molecule has 1 aromatic heterocycles. The number of rotatable bonds is 12. The van der Waals surface area contributed by atoms with Gasteiger partial charge in [-0.2, -0.15) is 0 Å². The molecule has 0 aliphatic heterocycles. The average molecular weight is 520 g/mol. The SMILES string of the molecule is CCCCCC(NC(C)=O)(C(=O)N(C)CCCC)c1c(C)n(C(=O)c2ccccc2)c2ccc(OC)cc12. The molecule has 0 radical (unpaired) electrons. The number of carbonyl (C=O) groups excluding carboxylic acids is 3. The largest absolute Gasteiger partial charge is 0.497 e. The second kappa shape index (κ2) is 12.8. The zero-order chi connectivity index (χ0) is 27.9. The van der Waals surface area contributed by atoms with E-state index < -0.39 is 5.54 Å². The zero-order valence-corrected chi connectivity index (χ0v) is 23.6. The second-order valence-electron chi connectivity index (χ2n) is 9.97. The van der Waals surface area contributed by atoms with E-state index in [0.29, 0.717) is 46.4 Å². The zero-order valence-electron chi connectivity index (χ0n) is 23.6. The van der Waals surface area contributed by atoms with Crippen LogP contribution in [0.4, 0.5) is 0 Å². The van der Waals surface area contributed by atoms with Crippen LogP contribution in [0, 0.1) is 6.92 Å². The minimum Gasteiger partial charge on any atom is -0.497 e. The number of amides is 2. The van der Waals surface area contributed by atoms with Crippen LogP contribution in [-0.4, -0.2) is 47.9 Å². The van der Waals surface area contributed by atoms with Crippen molar-refractivity contribution in [2.24, 2.45) is 0 Å². The van der Waals surface area contributed by atoms with E-state index in [0.717, 1.165) is 32.1 Å². The number of ether oxygens (including phenoxy) is 1. The third-order valence-corrected chi connectivity index (χ3v) is 7.17. The van der Waals surface area contributed by atoms with Gasteiger partial charge in [0.1, 0.15) is 11.3 Å². The predicted octanol–water partition coefficient (Wildman–Crippen LogP) is 5.82. The number of carbonyl (C=O) groups is 3. The molecule has 0 saturated carbocycles. The number of methoxy groups -OCH3 is 1. The summed E-state index contributed by atoms with van der Waals surface area (Å²) >= 11 is 0. The Morgan fingerprint density at radius 2 is 1.68 bits per heavy atom. The Morgan fingerprint density at radius 3 is 2.29 bits per heavy atom. The lowest BCUT2D eigenvalue weighted by Gasteiger charge is -2.37. The highest BCUT2D eigenvalue weighted by molar-refractivity contribution is 6.07. The van der Waals surface area contributed by atoms with Crippen LogP contribution in [0.2, 0.25) is 0 Å². The van der Waals surface area contributed by atoms with Crippen molar-refractivity contribution in [2.45, 2.75) is 71.8 Å². The standard InChI is InChI=1S/C31H41N3O4/c1-7-9-14-19-31(32-23(4)35,30(37)33(5)20-10-8-2)28-22(3)34(29(36)24-15-12-11-13-16-24)27-18-17-25(38-6)21-26(27)28/h11-13,15-18,21H,7-10,14,19-20H2,1-6H3,(H,32,35). The first-order chi connectivity index (χ1) is 18.2. The number of nitrogens with one attached hydrogen (secondary N) is 1. The highest BCUT2D eigenvalue weighted by Gasteiger charge is 2.46. The van der Waals surface area contributed by atoms with Crippen LogP contribution in [0.15, 0.2) is 48.5 Å². The van der Waals surface area contributed by atoms with Gasteiger partial charge in [0.15, 0.2) is 0 Å². The van der Waals surface area contributed by atoms with Crippen LogP contribution >= 0.6 is 0 Å². The van der Waals surface area contributed by atoms with Gasteiger partial charge in [-0.15, -0.1) is 0 Å². The summed E-state index contributed by atoms with van der Waals surface area (Å²) in [5.41, 5.74) is 1.15. The maximum absolute atomic E-state index is 14.4. The monoisotopic (exact) mass is 519 g/mol. The van der Waals surface area contributed by atoms with Crippen LogP contribution < -0.4 is 10.1 Å². The molecule has 0 fully saturated rings. The summed E-state index contributed by atoms with van der Waals surface area (Å²) in [6, 6.07) is 14.6. The number of nitrogens with zero attached hydrogens (tertiary/aromatic N) is 2. The average Bonchev–Trinajstić information content (AvgIpc) is 3.21. The molecule has 1 unspecified atom stereocenters. The Bertz CT molecular complexity index is 1280. The number of hydrogen-bond acceptors (Lipinski definition) is 4. The lowest BCUT2D eigenvalue weighted by atomic mass is 9.81. The summed E-state index contributed by atoms with van der Waals surface area (Å²) in [5.74, 6) is -0.0487. The normalized spacial score (nSPS) is 12.7. The van der Waals surface area contributed by atoms with E-state index in [1.54, 1.807) is 35.8 Å². The molecule has 3 aromatic rings. The van der Waals surface area contributed by atoms with E-state index in [4.69, 9.17) is 4.74 Å². The topological polar surface area (TPSA) is 80.6 Å². The van der Waals surface area contributed by atoms with Crippen molar-refractivity contribution in [3.63, 3.8) is 0 Å². The van der Waals surface area contributed by atoms with E-state index in [9.17, 15) is 14.4 Å². The van der Waals surface area contributed by atoms with Crippen LogP contribution in [0.1, 0.15) is 80.9 Å². The Kier molecular flexibility index (Phi) is 9.72. The molecule has 3 rings (SSSR count). The van der Waals surface area contributed by atoms with Crippen molar-refractivity contribution in [1.82, 2.24) is 14.8 Å². The smallest absolute Gasteiger partial charge is 0.262 e. The molecular formula is C31H41N3O4. The summed E-state index contributed by atoms with van der Waals surface area (Å²) in [4.78, 5) is 42.7. The third-order valence-electron chi connectivity index (χ3n) is 7.17. The molecular weight excluding hydrogens is 478 g/mol. The summed E-state index contributed by atoms with van der Waals surface area (Å²) in [6.45, 7) is 8.07. The molecule has 2 aromatic carbocycles. The Morgan fingerprint density at radius 1 is 1.00 bits per heavy atom. The van der Waals surface area contributed by atoms with Gasteiger partial charge in [0.25, 0.3) is 11.8 Å². The summed E-state index contributed by atoms with van der Waals surface area (Å²) < 4.78 is 7.21. The molecule has 1 atom stereocenters. The number of aromatic nitrogens is 1. The number of hydrogen-bond donors (Lipinski definition) is 1. The van der Waals surface area contributed by atoms with Crippen molar-refractivity contribution in [1.29, 1.82) is 0 Å². The van der Waals surface area contributed by atoms with E-state index in [1.165, 1.54) is 6.92 Å². The molecule has 0 saturated heterocycles. The van der Waals surface area contributed by atoms with Gasteiger partial charge in [-0.25, -0.2) is 0 Å². The third kappa shape index (κ3) is 5.77. The number of fused-ring (bicyclic) bond motifs is 1. The molecule has 1 N–H and O–H groups in total. The van der Waals surface area contributed by atoms with Gasteiger partial charge < -0.3 is 15.0 Å². The number of likely N-dealkylation sites (N-methyl/N-ethyl adjacent to an activating group) is 1. The summed E-state index contributed by atoms with van der Waals surface area (Å²) in [7, 11) is 3.38. The Labute approximate surface area is 226 Å². The van der Waals surface area contributed by atoms with Crippen LogP contribution in [-0.2, 0) is 15.1 Å². The van der Waals surface area contributed by atoms with Gasteiger partial charge in [0.05, 0.1) is 12.6 Å². The van der Waals surface area contributed by atoms with Crippen molar-refractivity contribution in [3.8, 4) is 5.75 Å². The fourth-order valence-corrected chi connectivity index (χ4v) is 5.32. The number of unbranched alkanes of at least 4 members (excludes halogenated alkanes) is 3. The molecule has 0 aliphatic carbocycles. The minimum atomic E-state index is -1.33. The first-order valence-corrected chi connectivity index (χ1v) is 13.5. The fraction of sp³-hybridized carbons (Fsp3) is 0.452. The lowest BCUT2D eigenvalue weighted by molar-refractivity contribution is -0.141. The molecule has 1 heterocycles.